The second-order valence-electron chi connectivity index (χ2n) is 2.27. The highest BCUT2D eigenvalue weighted by molar-refractivity contribution is 6.36. The molecule has 2 unspecified atom stereocenters. The van der Waals surface area contributed by atoms with Crippen molar-refractivity contribution in [3.8, 4) is 0 Å². The normalized spacial score (nSPS) is 44.0. The Hall–Kier alpha value is -0.240. The minimum atomic E-state index is -0.903. The number of aliphatic carboxylic acids is 1. The van der Waals surface area contributed by atoms with Gasteiger partial charge in [0.15, 0.2) is 0 Å². The maximum absolute atomic E-state index is 10.2. The van der Waals surface area contributed by atoms with Crippen LogP contribution in [0.15, 0.2) is 0 Å². The summed E-state index contributed by atoms with van der Waals surface area (Å²) >= 11 is 5.53. The van der Waals surface area contributed by atoms with Crippen molar-refractivity contribution in [2.24, 2.45) is 5.92 Å². The number of carboxylic acid groups (broad SMARTS) is 1. The van der Waals surface area contributed by atoms with Gasteiger partial charge >= 0.3 is 5.97 Å². The first-order chi connectivity index (χ1) is 3.57. The van der Waals surface area contributed by atoms with Crippen LogP contribution >= 0.6 is 11.6 Å². The average Bonchev–Trinajstić information content (AvgIpc) is 2.17. The van der Waals surface area contributed by atoms with Crippen LogP contribution in [0.4, 0.5) is 0 Å². The summed E-state index contributed by atoms with van der Waals surface area (Å²) in [6, 6.07) is 0. The summed E-state index contributed by atoms with van der Waals surface area (Å²) in [5, 5.41) is 8.35. The molecule has 1 fully saturated rings. The van der Waals surface area contributed by atoms with E-state index in [1.165, 1.54) is 0 Å². The highest BCUT2D eigenvalue weighted by Crippen LogP contribution is 2.49. The van der Waals surface area contributed by atoms with E-state index in [1.54, 1.807) is 0 Å². The lowest BCUT2D eigenvalue weighted by Crippen LogP contribution is -2.15. The van der Waals surface area contributed by atoms with Gasteiger partial charge in [0.25, 0.3) is 0 Å². The Morgan fingerprint density at radius 2 is 2.38 bits per heavy atom. The van der Waals surface area contributed by atoms with E-state index in [2.05, 4.69) is 0 Å². The molecule has 2 atom stereocenters. The molecule has 0 heterocycles. The smallest absolute Gasteiger partial charge is 0.325 e. The lowest BCUT2D eigenvalue weighted by Gasteiger charge is -1.95. The van der Waals surface area contributed by atoms with Crippen molar-refractivity contribution in [1.29, 1.82) is 0 Å². The third kappa shape index (κ3) is 0.599. The van der Waals surface area contributed by atoms with Crippen LogP contribution in [0.25, 0.3) is 0 Å². The molecule has 1 N–H and O–H groups in total. The summed E-state index contributed by atoms with van der Waals surface area (Å²) in [6.07, 6.45) is 0.615. The van der Waals surface area contributed by atoms with Crippen LogP contribution in [0.3, 0.4) is 0 Å². The summed E-state index contributed by atoms with van der Waals surface area (Å²) < 4.78 is 0. The monoisotopic (exact) mass is 134 g/mol. The first kappa shape index (κ1) is 5.89. The lowest BCUT2D eigenvalue weighted by atomic mass is 10.3. The van der Waals surface area contributed by atoms with Crippen molar-refractivity contribution in [2.45, 2.75) is 18.2 Å². The van der Waals surface area contributed by atoms with Crippen LogP contribution in [0.5, 0.6) is 0 Å². The molecule has 0 radical (unpaired) electrons. The molecule has 1 rings (SSSR count). The topological polar surface area (TPSA) is 37.3 Å². The Kier molecular flexibility index (Phi) is 1.01. The average molecular weight is 135 g/mol. The van der Waals surface area contributed by atoms with Crippen molar-refractivity contribution in [3.63, 3.8) is 0 Å². The number of halogens is 1. The van der Waals surface area contributed by atoms with Crippen LogP contribution in [-0.4, -0.2) is 16.0 Å². The third-order valence-electron chi connectivity index (χ3n) is 1.58. The molecular weight excluding hydrogens is 128 g/mol. The van der Waals surface area contributed by atoms with Crippen molar-refractivity contribution in [2.75, 3.05) is 0 Å². The molecule has 3 heteroatoms. The van der Waals surface area contributed by atoms with Gasteiger partial charge in [-0.2, -0.15) is 0 Å². The molecule has 0 bridgehead atoms. The Morgan fingerprint density at radius 3 is 2.38 bits per heavy atom. The van der Waals surface area contributed by atoms with Gasteiger partial charge in [0.2, 0.25) is 0 Å². The van der Waals surface area contributed by atoms with Crippen LogP contribution < -0.4 is 0 Å². The van der Waals surface area contributed by atoms with Crippen LogP contribution in [0.1, 0.15) is 13.3 Å². The van der Waals surface area contributed by atoms with Gasteiger partial charge in [-0.05, 0) is 12.3 Å². The van der Waals surface area contributed by atoms with Gasteiger partial charge in [-0.3, -0.25) is 4.79 Å². The maximum atomic E-state index is 10.2. The molecule has 8 heavy (non-hydrogen) atoms. The van der Waals surface area contributed by atoms with Crippen LogP contribution in [-0.2, 0) is 4.79 Å². The number of carboxylic acids is 1. The fourth-order valence-electron chi connectivity index (χ4n) is 0.685. The maximum Gasteiger partial charge on any atom is 0.325 e. The molecular formula is C5H7ClO2. The summed E-state index contributed by atoms with van der Waals surface area (Å²) in [5.74, 6) is -0.728. The van der Waals surface area contributed by atoms with E-state index in [-0.39, 0.29) is 5.92 Å². The number of carbonyl (C=O) groups is 1. The van der Waals surface area contributed by atoms with Crippen molar-refractivity contribution < 1.29 is 9.90 Å². The predicted octanol–water partition coefficient (Wildman–Crippen LogP) is 1.09. The largest absolute Gasteiger partial charge is 0.480 e. The fraction of sp³-hybridized carbons (Fsp3) is 0.800. The molecule has 1 aliphatic carbocycles. The molecule has 0 spiro atoms. The minimum Gasteiger partial charge on any atom is -0.480 e. The number of alkyl halides is 1. The van der Waals surface area contributed by atoms with Gasteiger partial charge in [-0.25, -0.2) is 0 Å². The van der Waals surface area contributed by atoms with Gasteiger partial charge in [0.1, 0.15) is 4.87 Å². The highest BCUT2D eigenvalue weighted by Gasteiger charge is 2.56. The second-order valence-corrected chi connectivity index (χ2v) is 2.95. The summed E-state index contributed by atoms with van der Waals surface area (Å²) in [5.41, 5.74) is 0. The van der Waals surface area contributed by atoms with E-state index in [0.717, 1.165) is 0 Å². The first-order valence-corrected chi connectivity index (χ1v) is 2.87. The standard InChI is InChI=1S/C5H7ClO2/c1-3-2-5(3,6)4(7)8/h3H,2H2,1H3,(H,7,8). The van der Waals surface area contributed by atoms with Gasteiger partial charge in [-0.1, -0.05) is 6.92 Å². The van der Waals surface area contributed by atoms with E-state index in [9.17, 15) is 4.79 Å². The lowest BCUT2D eigenvalue weighted by molar-refractivity contribution is -0.137. The van der Waals surface area contributed by atoms with E-state index in [1.807, 2.05) is 6.92 Å². The van der Waals surface area contributed by atoms with Crippen molar-refractivity contribution in [1.82, 2.24) is 0 Å². The van der Waals surface area contributed by atoms with Crippen LogP contribution in [0, 0.1) is 5.92 Å². The summed E-state index contributed by atoms with van der Waals surface area (Å²) in [7, 11) is 0. The number of hydrogen-bond acceptors (Lipinski definition) is 1. The molecule has 2 nitrogen and oxygen atoms in total. The minimum absolute atomic E-state index is 0.154. The Labute approximate surface area is 52.5 Å². The molecule has 0 aliphatic heterocycles. The summed E-state index contributed by atoms with van der Waals surface area (Å²) in [6.45, 7) is 1.83. The van der Waals surface area contributed by atoms with Gasteiger partial charge in [0, 0.05) is 0 Å². The zero-order valence-corrected chi connectivity index (χ0v) is 5.27. The van der Waals surface area contributed by atoms with Crippen LogP contribution in [0.2, 0.25) is 0 Å². The van der Waals surface area contributed by atoms with E-state index in [4.69, 9.17) is 16.7 Å². The predicted molar refractivity (Wildman–Crippen MR) is 30.0 cm³/mol. The second kappa shape index (κ2) is 1.38. The first-order valence-electron chi connectivity index (χ1n) is 2.49. The fourth-order valence-corrected chi connectivity index (χ4v) is 0.916. The zero-order valence-electron chi connectivity index (χ0n) is 4.52. The number of rotatable bonds is 1. The van der Waals surface area contributed by atoms with Gasteiger partial charge < -0.3 is 5.11 Å². The molecule has 1 aliphatic rings. The number of hydrogen-bond donors (Lipinski definition) is 1. The van der Waals surface area contributed by atoms with E-state index in [0.29, 0.717) is 6.42 Å². The Morgan fingerprint density at radius 1 is 2.00 bits per heavy atom. The Balaban J connectivity index is 2.60. The quantitative estimate of drug-likeness (QED) is 0.545. The molecule has 0 aromatic rings. The highest BCUT2D eigenvalue weighted by atomic mass is 35.5. The molecule has 0 amide bonds. The van der Waals surface area contributed by atoms with E-state index >= 15 is 0 Å². The van der Waals surface area contributed by atoms with Crippen molar-refractivity contribution >= 4 is 17.6 Å². The zero-order chi connectivity index (χ0) is 6.36. The molecule has 1 saturated carbocycles. The molecule has 0 aromatic heterocycles. The SMILES string of the molecule is CC1CC1(Cl)C(=O)O. The third-order valence-corrected chi connectivity index (χ3v) is 2.27. The summed E-state index contributed by atoms with van der Waals surface area (Å²) in [4.78, 5) is 9.26. The van der Waals surface area contributed by atoms with E-state index < -0.39 is 10.8 Å². The molecule has 46 valence electrons. The van der Waals surface area contributed by atoms with Gasteiger partial charge in [-0.15, -0.1) is 11.6 Å². The Bertz CT molecular complexity index is 134. The molecule has 0 saturated heterocycles. The molecule has 0 aromatic carbocycles. The van der Waals surface area contributed by atoms with Gasteiger partial charge in [0.05, 0.1) is 0 Å². The van der Waals surface area contributed by atoms with Crippen molar-refractivity contribution in [3.05, 3.63) is 0 Å².